The van der Waals surface area contributed by atoms with Crippen LogP contribution < -0.4 is 10.6 Å². The lowest BCUT2D eigenvalue weighted by Crippen LogP contribution is -2.44. The first-order valence-electron chi connectivity index (χ1n) is 17.7. The number of carbonyl (C=O) groups is 2. The van der Waals surface area contributed by atoms with E-state index in [1.165, 1.54) is 23.3 Å². The molecular weight excluding hydrogens is 630 g/mol. The molecule has 5 rings (SSSR count). The molecule has 3 aromatic rings. The van der Waals surface area contributed by atoms with E-state index in [-0.39, 0.29) is 11.1 Å². The molecule has 0 spiro atoms. The molecule has 10 heteroatoms. The van der Waals surface area contributed by atoms with Gasteiger partial charge in [-0.2, -0.15) is 0 Å². The van der Waals surface area contributed by atoms with Crippen molar-refractivity contribution in [1.82, 2.24) is 20.4 Å². The van der Waals surface area contributed by atoms with Gasteiger partial charge in [-0.1, -0.05) is 79.7 Å². The summed E-state index contributed by atoms with van der Waals surface area (Å²) in [5, 5.41) is 18.0. The van der Waals surface area contributed by atoms with Crippen molar-refractivity contribution in [3.8, 4) is 0 Å². The van der Waals surface area contributed by atoms with E-state index in [0.29, 0.717) is 38.1 Å². The fourth-order valence-corrected chi connectivity index (χ4v) is 7.61. The predicted octanol–water partition coefficient (Wildman–Crippen LogP) is 6.61. The highest BCUT2D eigenvalue weighted by Crippen LogP contribution is 2.43. The number of allylic oxidation sites excluding steroid dienone is 2. The highest BCUT2D eigenvalue weighted by atomic mass is 16.6. The van der Waals surface area contributed by atoms with Crippen LogP contribution >= 0.6 is 0 Å². The van der Waals surface area contributed by atoms with Gasteiger partial charge in [0.25, 0.3) is 5.69 Å². The smallest absolute Gasteiger partial charge is 0.269 e. The van der Waals surface area contributed by atoms with Gasteiger partial charge in [0.15, 0.2) is 0 Å². The number of piperidine rings is 1. The molecule has 0 aromatic heterocycles. The number of nitro benzene ring substituents is 1. The van der Waals surface area contributed by atoms with Crippen LogP contribution in [0.15, 0.2) is 108 Å². The molecule has 1 unspecified atom stereocenters. The molecule has 10 nitrogen and oxygen atoms in total. The molecule has 1 atom stereocenters. The molecule has 0 aliphatic carbocycles. The molecule has 0 bridgehead atoms. The Morgan fingerprint density at radius 1 is 0.940 bits per heavy atom. The van der Waals surface area contributed by atoms with Crippen LogP contribution in [0.4, 0.5) is 5.69 Å². The van der Waals surface area contributed by atoms with Gasteiger partial charge in [0.1, 0.15) is 0 Å². The second-order valence-corrected chi connectivity index (χ2v) is 13.0. The number of hydrogen-bond donors (Lipinski definition) is 2. The number of nitrogens with one attached hydrogen (secondary N) is 2. The number of non-ortho nitro benzene ring substituents is 1. The van der Waals surface area contributed by atoms with Crippen LogP contribution in [0.2, 0.25) is 0 Å². The average molecular weight is 680 g/mol. The number of benzene rings is 3. The Bertz CT molecular complexity index is 1590. The number of nitrogens with zero attached hydrogens (tertiary/aromatic N) is 3. The predicted molar refractivity (Wildman–Crippen MR) is 195 cm³/mol. The molecule has 1 fully saturated rings. The summed E-state index contributed by atoms with van der Waals surface area (Å²) < 4.78 is 5.29. The summed E-state index contributed by atoms with van der Waals surface area (Å²) in [6.07, 6.45) is 7.30. The lowest BCUT2D eigenvalue weighted by atomic mass is 9.68. The van der Waals surface area contributed by atoms with Crippen molar-refractivity contribution in [3.63, 3.8) is 0 Å². The normalized spacial score (nSPS) is 17.6. The number of rotatable bonds is 18. The largest absolute Gasteiger partial charge is 0.385 e. The lowest BCUT2D eigenvalue weighted by molar-refractivity contribution is -0.384. The van der Waals surface area contributed by atoms with Gasteiger partial charge in [-0.05, 0) is 81.3 Å². The summed E-state index contributed by atoms with van der Waals surface area (Å²) in [5.41, 5.74) is 6.59. The Morgan fingerprint density at radius 2 is 1.58 bits per heavy atom. The molecule has 2 aliphatic rings. The molecule has 1 saturated heterocycles. The Labute approximate surface area is 295 Å². The van der Waals surface area contributed by atoms with Crippen LogP contribution in [0, 0.1) is 10.1 Å². The monoisotopic (exact) mass is 679 g/mol. The molecule has 2 amide bonds. The minimum Gasteiger partial charge on any atom is -0.385 e. The topological polar surface area (TPSA) is 117 Å². The maximum absolute atomic E-state index is 13.0. The van der Waals surface area contributed by atoms with Crippen molar-refractivity contribution in [1.29, 1.82) is 0 Å². The zero-order chi connectivity index (χ0) is 35.3. The summed E-state index contributed by atoms with van der Waals surface area (Å²) in [4.78, 5) is 40.2. The molecule has 50 heavy (non-hydrogen) atoms. The van der Waals surface area contributed by atoms with Crippen LogP contribution in [-0.2, 0) is 19.7 Å². The van der Waals surface area contributed by atoms with Gasteiger partial charge in [0.05, 0.1) is 22.2 Å². The van der Waals surface area contributed by atoms with Crippen molar-refractivity contribution < 1.29 is 19.2 Å². The van der Waals surface area contributed by atoms with Crippen LogP contribution in [0.3, 0.4) is 0 Å². The fraction of sp³-hybridized carbons (Fsp3) is 0.400. The van der Waals surface area contributed by atoms with E-state index in [2.05, 4.69) is 76.2 Å². The number of likely N-dealkylation sites (tertiary alicyclic amines) is 1. The molecule has 2 heterocycles. The van der Waals surface area contributed by atoms with Crippen molar-refractivity contribution in [2.24, 2.45) is 0 Å². The number of unbranched alkanes of at least 4 members (excludes halogenated alkanes) is 1. The molecule has 0 saturated carbocycles. The van der Waals surface area contributed by atoms with E-state index < -0.39 is 10.8 Å². The quantitative estimate of drug-likeness (QED) is 0.0673. The van der Waals surface area contributed by atoms with Crippen molar-refractivity contribution in [2.45, 2.75) is 63.2 Å². The van der Waals surface area contributed by atoms with E-state index in [4.69, 9.17) is 4.74 Å². The first-order chi connectivity index (χ1) is 24.4. The Kier molecular flexibility index (Phi) is 12.9. The van der Waals surface area contributed by atoms with Crippen LogP contribution in [0.1, 0.15) is 74.5 Å². The Morgan fingerprint density at radius 3 is 2.12 bits per heavy atom. The average Bonchev–Trinajstić information content (AvgIpc) is 3.16. The minimum atomic E-state index is -0.493. The zero-order valence-corrected chi connectivity index (χ0v) is 29.2. The number of carbonyl (C=O) groups excluding carboxylic acids is 2. The second-order valence-electron chi connectivity index (χ2n) is 13.0. The van der Waals surface area contributed by atoms with Crippen LogP contribution in [0.25, 0.3) is 0 Å². The molecule has 2 N–H and O–H groups in total. The first-order valence-corrected chi connectivity index (χ1v) is 17.7. The maximum atomic E-state index is 13.0. The molecule has 0 radical (unpaired) electrons. The van der Waals surface area contributed by atoms with Crippen molar-refractivity contribution in [2.75, 3.05) is 39.9 Å². The van der Waals surface area contributed by atoms with Crippen molar-refractivity contribution >= 4 is 18.5 Å². The number of nitro groups is 1. The second kappa shape index (κ2) is 17.7. The number of hydrogen-bond acceptors (Lipinski definition) is 7. The van der Waals surface area contributed by atoms with Crippen LogP contribution in [0.5, 0.6) is 0 Å². The standard InChI is InChI=1S/C40H49N5O5/c1-3-35-38(41-29-46)37(31-18-20-34(21-19-31)45(48)49)39(36(42-35)17-10-11-28-50-2)44(30-47)25-12-24-43-26-22-40(23-27-43,32-13-6-4-7-14-32)33-15-8-5-9-16-33/h4-9,13-16,18-21,29-30,37,42H,3,10-12,17,22-28H2,1-2H3,(H,41,46). The number of dihydropyridines is 1. The Hall–Kier alpha value is -4.80. The summed E-state index contributed by atoms with van der Waals surface area (Å²) in [7, 11) is 1.68. The van der Waals surface area contributed by atoms with E-state index in [1.54, 1.807) is 24.1 Å². The number of methoxy groups -OCH3 is 1. The molecule has 2 aliphatic heterocycles. The third-order valence-electron chi connectivity index (χ3n) is 10.2. The Balaban J connectivity index is 1.38. The molecule has 264 valence electrons. The minimum absolute atomic E-state index is 0.0186. The molecular formula is C40H49N5O5. The van der Waals surface area contributed by atoms with Crippen LogP contribution in [-0.4, -0.2) is 67.4 Å². The third-order valence-corrected chi connectivity index (χ3v) is 10.2. The fourth-order valence-electron chi connectivity index (χ4n) is 7.61. The van der Waals surface area contributed by atoms with Gasteiger partial charge < -0.3 is 25.2 Å². The first kappa shape index (κ1) is 36.5. The SMILES string of the molecule is CCC1=C(NC=O)C(c2ccc([N+](=O)[O-])cc2)C(N(C=O)CCCN2CCC(c3ccccc3)(c3ccccc3)CC2)=C(CCCCOC)N1. The van der Waals surface area contributed by atoms with Gasteiger partial charge in [0, 0.05) is 49.2 Å². The van der Waals surface area contributed by atoms with Crippen molar-refractivity contribution in [3.05, 3.63) is 135 Å². The van der Waals surface area contributed by atoms with Gasteiger partial charge in [-0.15, -0.1) is 0 Å². The van der Waals surface area contributed by atoms with Gasteiger partial charge in [0.2, 0.25) is 12.8 Å². The number of amides is 2. The van der Waals surface area contributed by atoms with E-state index in [9.17, 15) is 19.7 Å². The van der Waals surface area contributed by atoms with Gasteiger partial charge in [-0.3, -0.25) is 19.7 Å². The maximum Gasteiger partial charge on any atom is 0.269 e. The summed E-state index contributed by atoms with van der Waals surface area (Å²) >= 11 is 0. The highest BCUT2D eigenvalue weighted by molar-refractivity contribution is 5.60. The van der Waals surface area contributed by atoms with E-state index >= 15 is 0 Å². The lowest BCUT2D eigenvalue weighted by Gasteiger charge is -2.43. The molecule has 3 aromatic carbocycles. The summed E-state index contributed by atoms with van der Waals surface area (Å²) in [6.45, 7) is 5.86. The third kappa shape index (κ3) is 8.31. The van der Waals surface area contributed by atoms with E-state index in [1.807, 2.05) is 6.92 Å². The number of ether oxygens (including phenoxy) is 1. The highest BCUT2D eigenvalue weighted by Gasteiger charge is 2.38. The van der Waals surface area contributed by atoms with E-state index in [0.717, 1.165) is 80.8 Å². The zero-order valence-electron chi connectivity index (χ0n) is 29.2. The van der Waals surface area contributed by atoms with Gasteiger partial charge >= 0.3 is 0 Å². The van der Waals surface area contributed by atoms with Gasteiger partial charge in [-0.25, -0.2) is 0 Å². The summed E-state index contributed by atoms with van der Waals surface area (Å²) in [5.74, 6) is -0.493. The summed E-state index contributed by atoms with van der Waals surface area (Å²) in [6, 6.07) is 28.0.